The van der Waals surface area contributed by atoms with Crippen LogP contribution in [0.2, 0.25) is 0 Å². The van der Waals surface area contributed by atoms with E-state index in [4.69, 9.17) is 9.47 Å². The summed E-state index contributed by atoms with van der Waals surface area (Å²) in [6, 6.07) is 6.11. The number of hydrogen-bond acceptors (Lipinski definition) is 8. The van der Waals surface area contributed by atoms with Gasteiger partial charge in [-0.15, -0.1) is 11.3 Å². The average Bonchev–Trinajstić information content (AvgIpc) is 3.45. The lowest BCUT2D eigenvalue weighted by atomic mass is 10.2. The fourth-order valence-electron chi connectivity index (χ4n) is 3.38. The van der Waals surface area contributed by atoms with Crippen molar-refractivity contribution in [3.63, 3.8) is 0 Å². The average molecular weight is 438 g/mol. The number of hydrogen-bond donors (Lipinski definition) is 1. The number of nitrogens with one attached hydrogen (secondary N) is 1. The number of nitrogens with zero attached hydrogens (tertiary/aromatic N) is 2. The second-order valence-electron chi connectivity index (χ2n) is 6.39. The van der Waals surface area contributed by atoms with Gasteiger partial charge in [0.25, 0.3) is 10.0 Å². The van der Waals surface area contributed by atoms with Gasteiger partial charge in [-0.1, -0.05) is 17.4 Å². The lowest BCUT2D eigenvalue weighted by molar-refractivity contribution is -0.119. The van der Waals surface area contributed by atoms with Gasteiger partial charge in [0, 0.05) is 18.7 Å². The fraction of sp³-hybridized carbons (Fsp3) is 0.294. The van der Waals surface area contributed by atoms with Crippen LogP contribution in [0.4, 0.5) is 5.13 Å². The molecule has 3 aromatic rings. The van der Waals surface area contributed by atoms with E-state index in [1.807, 2.05) is 6.07 Å². The summed E-state index contributed by atoms with van der Waals surface area (Å²) < 4.78 is 38.8. The van der Waals surface area contributed by atoms with Crippen molar-refractivity contribution >= 4 is 54.0 Å². The van der Waals surface area contributed by atoms with Gasteiger partial charge >= 0.3 is 0 Å². The number of fused-ring (bicyclic) bond motifs is 2. The minimum atomic E-state index is -3.67. The van der Waals surface area contributed by atoms with Gasteiger partial charge in [0.05, 0.1) is 10.2 Å². The predicted octanol–water partition coefficient (Wildman–Crippen LogP) is 2.88. The molecule has 0 radical (unpaired) electrons. The number of carbonyl (C=O) groups excluding carboxylic acids is 1. The lowest BCUT2D eigenvalue weighted by Crippen LogP contribution is -2.42. The molecule has 2 aliphatic heterocycles. The molecule has 1 N–H and O–H groups in total. The monoisotopic (exact) mass is 437 g/mol. The Balaban J connectivity index is 1.38. The summed E-state index contributed by atoms with van der Waals surface area (Å²) in [6.07, 6.45) is 1.13. The summed E-state index contributed by atoms with van der Waals surface area (Å²) in [7, 11) is -3.67. The molecule has 0 spiro atoms. The first-order valence-corrected chi connectivity index (χ1v) is 11.7. The molecule has 8 nitrogen and oxygen atoms in total. The molecule has 2 aromatic heterocycles. The summed E-state index contributed by atoms with van der Waals surface area (Å²) in [5, 5.41) is 4.91. The van der Waals surface area contributed by atoms with Crippen LogP contribution in [0.5, 0.6) is 11.5 Å². The molecule has 0 bridgehead atoms. The van der Waals surface area contributed by atoms with E-state index in [9.17, 15) is 13.2 Å². The van der Waals surface area contributed by atoms with Gasteiger partial charge < -0.3 is 14.8 Å². The number of thiophene rings is 1. The van der Waals surface area contributed by atoms with Gasteiger partial charge in [-0.05, 0) is 24.3 Å². The van der Waals surface area contributed by atoms with Crippen molar-refractivity contribution in [2.24, 2.45) is 0 Å². The molecule has 0 aliphatic carbocycles. The van der Waals surface area contributed by atoms with Gasteiger partial charge in [-0.3, -0.25) is 4.79 Å². The molecule has 2 aliphatic rings. The van der Waals surface area contributed by atoms with Crippen LogP contribution in [-0.4, -0.2) is 43.0 Å². The highest BCUT2D eigenvalue weighted by atomic mass is 32.2. The number of amides is 1. The van der Waals surface area contributed by atoms with Crippen molar-refractivity contribution in [3.05, 3.63) is 29.6 Å². The van der Waals surface area contributed by atoms with Gasteiger partial charge in [0.2, 0.25) is 12.7 Å². The Hall–Kier alpha value is -2.21. The quantitative estimate of drug-likeness (QED) is 0.674. The van der Waals surface area contributed by atoms with Crippen molar-refractivity contribution < 1.29 is 22.7 Å². The Bertz CT molecular complexity index is 1120. The van der Waals surface area contributed by atoms with Gasteiger partial charge in [0.15, 0.2) is 16.6 Å². The number of aromatic nitrogens is 1. The summed E-state index contributed by atoms with van der Waals surface area (Å²) in [4.78, 5) is 17.2. The Kier molecular flexibility index (Phi) is 4.27. The van der Waals surface area contributed by atoms with E-state index < -0.39 is 16.1 Å². The third kappa shape index (κ3) is 2.94. The number of sulfonamides is 1. The van der Waals surface area contributed by atoms with Crippen molar-refractivity contribution in [2.75, 3.05) is 18.7 Å². The smallest absolute Gasteiger partial charge is 0.253 e. The van der Waals surface area contributed by atoms with Gasteiger partial charge in [-0.2, -0.15) is 4.31 Å². The standard InChI is InChI=1S/C17H15N3O5S3/c21-16(11-3-1-5-20(11)28(22,23)15-4-2-6-26-15)19-17-18-10-7-12-13(25-9-24-12)8-14(10)27-17/h2,4,6-8,11H,1,3,5,9H2,(H,18,19,21)/t11-/m1/s1. The van der Waals surface area contributed by atoms with E-state index in [0.29, 0.717) is 41.5 Å². The molecular formula is C17H15N3O5S3. The first kappa shape index (κ1) is 17.9. The molecule has 146 valence electrons. The van der Waals surface area contributed by atoms with Crippen LogP contribution in [0, 0.1) is 0 Å². The van der Waals surface area contributed by atoms with Crippen LogP contribution in [-0.2, 0) is 14.8 Å². The zero-order chi connectivity index (χ0) is 19.3. The number of anilines is 1. The van der Waals surface area contributed by atoms with Crippen LogP contribution in [0.1, 0.15) is 12.8 Å². The topological polar surface area (TPSA) is 97.8 Å². The molecule has 11 heteroatoms. The first-order valence-electron chi connectivity index (χ1n) is 8.59. The number of thiazole rings is 1. The Morgan fingerprint density at radius 1 is 1.29 bits per heavy atom. The Morgan fingerprint density at radius 3 is 2.89 bits per heavy atom. The minimum Gasteiger partial charge on any atom is -0.454 e. The third-order valence-electron chi connectivity index (χ3n) is 4.68. The van der Waals surface area contributed by atoms with Crippen LogP contribution in [0.25, 0.3) is 10.2 Å². The predicted molar refractivity (Wildman–Crippen MR) is 106 cm³/mol. The highest BCUT2D eigenvalue weighted by Gasteiger charge is 2.40. The fourth-order valence-corrected chi connectivity index (χ4v) is 7.03. The second-order valence-corrected chi connectivity index (χ2v) is 10.5. The van der Waals surface area contributed by atoms with Crippen LogP contribution < -0.4 is 14.8 Å². The molecule has 1 saturated heterocycles. The maximum absolute atomic E-state index is 12.8. The summed E-state index contributed by atoms with van der Waals surface area (Å²) in [6.45, 7) is 0.520. The summed E-state index contributed by atoms with van der Waals surface area (Å²) in [5.41, 5.74) is 0.694. The van der Waals surface area contributed by atoms with Crippen molar-refractivity contribution in [1.82, 2.24) is 9.29 Å². The largest absolute Gasteiger partial charge is 0.454 e. The van der Waals surface area contributed by atoms with E-state index >= 15 is 0 Å². The van der Waals surface area contributed by atoms with E-state index in [1.165, 1.54) is 15.6 Å². The molecule has 0 unspecified atom stereocenters. The van der Waals surface area contributed by atoms with Crippen molar-refractivity contribution in [3.8, 4) is 11.5 Å². The van der Waals surface area contributed by atoms with Crippen LogP contribution in [0.15, 0.2) is 33.9 Å². The van der Waals surface area contributed by atoms with Crippen molar-refractivity contribution in [1.29, 1.82) is 0 Å². The molecule has 1 atom stereocenters. The molecule has 5 rings (SSSR count). The van der Waals surface area contributed by atoms with Crippen LogP contribution in [0.3, 0.4) is 0 Å². The maximum atomic E-state index is 12.8. The van der Waals surface area contributed by atoms with E-state index in [1.54, 1.807) is 23.6 Å². The number of benzene rings is 1. The van der Waals surface area contributed by atoms with E-state index in [-0.39, 0.29) is 16.9 Å². The van der Waals surface area contributed by atoms with Crippen LogP contribution >= 0.6 is 22.7 Å². The normalized spacial score (nSPS) is 19.4. The maximum Gasteiger partial charge on any atom is 0.253 e. The summed E-state index contributed by atoms with van der Waals surface area (Å²) >= 11 is 2.46. The lowest BCUT2D eigenvalue weighted by Gasteiger charge is -2.22. The molecule has 0 saturated carbocycles. The molecule has 1 aromatic carbocycles. The van der Waals surface area contributed by atoms with Crippen molar-refractivity contribution in [2.45, 2.75) is 23.1 Å². The highest BCUT2D eigenvalue weighted by Crippen LogP contribution is 2.39. The number of rotatable bonds is 4. The Morgan fingerprint density at radius 2 is 2.11 bits per heavy atom. The molecule has 1 fully saturated rings. The first-order chi connectivity index (χ1) is 13.5. The molecular weight excluding hydrogens is 422 g/mol. The second kappa shape index (κ2) is 6.69. The summed E-state index contributed by atoms with van der Waals surface area (Å²) in [5.74, 6) is 0.912. The van der Waals surface area contributed by atoms with E-state index in [2.05, 4.69) is 10.3 Å². The van der Waals surface area contributed by atoms with Gasteiger partial charge in [-0.25, -0.2) is 13.4 Å². The minimum absolute atomic E-state index is 0.187. The molecule has 28 heavy (non-hydrogen) atoms. The third-order valence-corrected chi connectivity index (χ3v) is 8.89. The van der Waals surface area contributed by atoms with E-state index in [0.717, 1.165) is 16.0 Å². The zero-order valence-electron chi connectivity index (χ0n) is 14.5. The van der Waals surface area contributed by atoms with Gasteiger partial charge in [0.1, 0.15) is 10.3 Å². The highest BCUT2D eigenvalue weighted by molar-refractivity contribution is 7.91. The zero-order valence-corrected chi connectivity index (χ0v) is 16.9. The SMILES string of the molecule is O=C(Nc1nc2cc3c(cc2s1)OCO3)[C@H]1CCCN1S(=O)(=O)c1cccs1. The molecule has 4 heterocycles. The Labute approximate surface area is 168 Å². The number of ether oxygens (including phenoxy) is 2. The number of carbonyl (C=O) groups is 1. The molecule has 1 amide bonds.